The highest BCUT2D eigenvalue weighted by atomic mass is 16.5. The van der Waals surface area contributed by atoms with Crippen molar-refractivity contribution >= 4 is 22.8 Å². The first kappa shape index (κ1) is 18.4. The molecule has 0 aliphatic carbocycles. The Labute approximate surface area is 154 Å². The normalized spacial score (nSPS) is 20.2. The number of amides is 1. The lowest BCUT2D eigenvalue weighted by Crippen LogP contribution is -2.49. The van der Waals surface area contributed by atoms with E-state index in [1.54, 1.807) is 13.0 Å². The molecule has 0 radical (unpaired) electrons. The molecule has 5 heteroatoms. The maximum atomic E-state index is 12.5. The number of fused-ring (bicyclic) bond motifs is 1. The highest BCUT2D eigenvalue weighted by molar-refractivity contribution is 5.96. The van der Waals surface area contributed by atoms with Gasteiger partial charge in [0.05, 0.1) is 16.8 Å². The van der Waals surface area contributed by atoms with Gasteiger partial charge in [0, 0.05) is 17.5 Å². The quantitative estimate of drug-likeness (QED) is 0.787. The molecule has 0 saturated carbocycles. The first-order chi connectivity index (χ1) is 12.4. The SMILES string of the molecule is Cc1ccc2nc(C)c(C(=O)OCC(=O)N3C(C)CCCC3C)cc2c1. The van der Waals surface area contributed by atoms with Crippen LogP contribution >= 0.6 is 0 Å². The Bertz CT molecular complexity index is 837. The maximum absolute atomic E-state index is 12.5. The number of esters is 1. The fourth-order valence-corrected chi connectivity index (χ4v) is 3.79. The number of rotatable bonds is 3. The first-order valence-electron chi connectivity index (χ1n) is 9.23. The topological polar surface area (TPSA) is 59.5 Å². The Morgan fingerprint density at radius 1 is 1.15 bits per heavy atom. The molecule has 5 nitrogen and oxygen atoms in total. The summed E-state index contributed by atoms with van der Waals surface area (Å²) in [6, 6.07) is 8.10. The maximum Gasteiger partial charge on any atom is 0.340 e. The monoisotopic (exact) mass is 354 g/mol. The van der Waals surface area contributed by atoms with Crippen LogP contribution in [-0.2, 0) is 9.53 Å². The van der Waals surface area contributed by atoms with Crippen LogP contribution in [0.3, 0.4) is 0 Å². The minimum Gasteiger partial charge on any atom is -0.452 e. The third kappa shape index (κ3) is 3.71. The third-order valence-electron chi connectivity index (χ3n) is 5.19. The van der Waals surface area contributed by atoms with Crippen molar-refractivity contribution in [2.75, 3.05) is 6.61 Å². The number of pyridine rings is 1. The molecule has 1 aromatic carbocycles. The number of hydrogen-bond donors (Lipinski definition) is 0. The molecule has 0 bridgehead atoms. The molecular weight excluding hydrogens is 328 g/mol. The molecule has 1 saturated heterocycles. The molecule has 0 spiro atoms. The van der Waals surface area contributed by atoms with E-state index in [9.17, 15) is 9.59 Å². The van der Waals surface area contributed by atoms with Crippen molar-refractivity contribution in [3.63, 3.8) is 0 Å². The molecular formula is C21H26N2O3. The summed E-state index contributed by atoms with van der Waals surface area (Å²) >= 11 is 0. The number of ether oxygens (including phenoxy) is 1. The summed E-state index contributed by atoms with van der Waals surface area (Å²) in [6.07, 6.45) is 3.13. The summed E-state index contributed by atoms with van der Waals surface area (Å²) in [5, 5.41) is 0.896. The standard InChI is InChI=1S/C21H26N2O3/c1-13-8-9-19-17(10-13)11-18(16(4)22-19)21(25)26-12-20(24)23-14(2)6-5-7-15(23)3/h8-11,14-15H,5-7,12H2,1-4H3. The largest absolute Gasteiger partial charge is 0.452 e. The van der Waals surface area contributed by atoms with Crippen molar-refractivity contribution in [3.05, 3.63) is 41.1 Å². The molecule has 2 heterocycles. The van der Waals surface area contributed by atoms with Crippen LogP contribution in [0, 0.1) is 13.8 Å². The van der Waals surface area contributed by atoms with Gasteiger partial charge in [0.15, 0.2) is 6.61 Å². The van der Waals surface area contributed by atoms with Gasteiger partial charge in [-0.25, -0.2) is 4.79 Å². The molecule has 3 rings (SSSR count). The second-order valence-electron chi connectivity index (χ2n) is 7.32. The molecule has 2 atom stereocenters. The van der Waals surface area contributed by atoms with Crippen LogP contribution in [0.5, 0.6) is 0 Å². The predicted octanol–water partition coefficient (Wildman–Crippen LogP) is 3.80. The van der Waals surface area contributed by atoms with Gasteiger partial charge in [-0.2, -0.15) is 0 Å². The van der Waals surface area contributed by atoms with Gasteiger partial charge in [0.1, 0.15) is 0 Å². The van der Waals surface area contributed by atoms with Gasteiger partial charge >= 0.3 is 5.97 Å². The highest BCUT2D eigenvalue weighted by Crippen LogP contribution is 2.23. The second-order valence-corrected chi connectivity index (χ2v) is 7.32. The number of hydrogen-bond acceptors (Lipinski definition) is 4. The molecule has 1 aliphatic rings. The van der Waals surface area contributed by atoms with Crippen molar-refractivity contribution in [3.8, 4) is 0 Å². The van der Waals surface area contributed by atoms with Crippen LogP contribution in [-0.4, -0.2) is 40.5 Å². The van der Waals surface area contributed by atoms with Gasteiger partial charge in [-0.15, -0.1) is 0 Å². The summed E-state index contributed by atoms with van der Waals surface area (Å²) in [5.74, 6) is -0.621. The number of benzene rings is 1. The van der Waals surface area contributed by atoms with Crippen LogP contribution in [0.2, 0.25) is 0 Å². The average Bonchev–Trinajstić information content (AvgIpc) is 2.59. The number of piperidine rings is 1. The number of likely N-dealkylation sites (tertiary alicyclic amines) is 1. The van der Waals surface area contributed by atoms with Gasteiger partial charge in [-0.3, -0.25) is 9.78 Å². The lowest BCUT2D eigenvalue weighted by molar-refractivity contribution is -0.140. The molecule has 2 unspecified atom stereocenters. The summed E-state index contributed by atoms with van der Waals surface area (Å²) in [6.45, 7) is 7.66. The Morgan fingerprint density at radius 2 is 1.85 bits per heavy atom. The number of aromatic nitrogens is 1. The van der Waals surface area contributed by atoms with E-state index in [4.69, 9.17) is 4.74 Å². The van der Waals surface area contributed by atoms with E-state index in [2.05, 4.69) is 18.8 Å². The van der Waals surface area contributed by atoms with Crippen LogP contribution < -0.4 is 0 Å². The zero-order valence-corrected chi connectivity index (χ0v) is 15.9. The van der Waals surface area contributed by atoms with Crippen LogP contribution in [0.1, 0.15) is 54.7 Å². The van der Waals surface area contributed by atoms with Gasteiger partial charge in [0.2, 0.25) is 0 Å². The summed E-state index contributed by atoms with van der Waals surface area (Å²) in [5.41, 5.74) is 2.97. The number of carbonyl (C=O) groups excluding carboxylic acids is 2. The third-order valence-corrected chi connectivity index (χ3v) is 5.19. The van der Waals surface area contributed by atoms with Crippen molar-refractivity contribution in [2.24, 2.45) is 0 Å². The zero-order valence-electron chi connectivity index (χ0n) is 15.9. The smallest absolute Gasteiger partial charge is 0.340 e. The van der Waals surface area contributed by atoms with Crippen LogP contribution in [0.15, 0.2) is 24.3 Å². The summed E-state index contributed by atoms with van der Waals surface area (Å²) in [7, 11) is 0. The number of carbonyl (C=O) groups is 2. The number of nitrogens with zero attached hydrogens (tertiary/aromatic N) is 2. The Balaban J connectivity index is 1.72. The molecule has 1 aliphatic heterocycles. The second kappa shape index (κ2) is 7.44. The Hall–Kier alpha value is -2.43. The van der Waals surface area contributed by atoms with Crippen LogP contribution in [0.4, 0.5) is 0 Å². The molecule has 0 N–H and O–H groups in total. The zero-order chi connectivity index (χ0) is 18.8. The van der Waals surface area contributed by atoms with Crippen molar-refractivity contribution in [2.45, 2.75) is 59.0 Å². The van der Waals surface area contributed by atoms with Crippen molar-refractivity contribution in [1.82, 2.24) is 9.88 Å². The van der Waals surface area contributed by atoms with Gasteiger partial charge in [-0.05, 0) is 65.2 Å². The summed E-state index contributed by atoms with van der Waals surface area (Å²) < 4.78 is 5.33. The Kier molecular flexibility index (Phi) is 5.25. The van der Waals surface area contributed by atoms with Gasteiger partial charge < -0.3 is 9.64 Å². The lowest BCUT2D eigenvalue weighted by Gasteiger charge is -2.38. The van der Waals surface area contributed by atoms with Crippen molar-refractivity contribution in [1.29, 1.82) is 0 Å². The van der Waals surface area contributed by atoms with E-state index in [-0.39, 0.29) is 24.6 Å². The fourth-order valence-electron chi connectivity index (χ4n) is 3.79. The van der Waals surface area contributed by atoms with Gasteiger partial charge in [-0.1, -0.05) is 11.6 Å². The lowest BCUT2D eigenvalue weighted by atomic mass is 9.97. The minimum absolute atomic E-state index is 0.125. The molecule has 1 amide bonds. The average molecular weight is 354 g/mol. The van der Waals surface area contributed by atoms with E-state index in [1.807, 2.05) is 30.0 Å². The molecule has 1 aromatic heterocycles. The highest BCUT2D eigenvalue weighted by Gasteiger charge is 2.29. The molecule has 1 fully saturated rings. The minimum atomic E-state index is -0.496. The van der Waals surface area contributed by atoms with Gasteiger partial charge in [0.25, 0.3) is 5.91 Å². The predicted molar refractivity (Wildman–Crippen MR) is 101 cm³/mol. The molecule has 26 heavy (non-hydrogen) atoms. The van der Waals surface area contributed by atoms with Crippen LogP contribution in [0.25, 0.3) is 10.9 Å². The molecule has 138 valence electrons. The summed E-state index contributed by atoms with van der Waals surface area (Å²) in [4.78, 5) is 31.4. The van der Waals surface area contributed by atoms with E-state index in [1.165, 1.54) is 0 Å². The fraction of sp³-hybridized carbons (Fsp3) is 0.476. The van der Waals surface area contributed by atoms with E-state index < -0.39 is 5.97 Å². The van der Waals surface area contributed by atoms with E-state index in [0.29, 0.717) is 11.3 Å². The first-order valence-corrected chi connectivity index (χ1v) is 9.23. The molecule has 2 aromatic rings. The van der Waals surface area contributed by atoms with E-state index >= 15 is 0 Å². The number of aryl methyl sites for hydroxylation is 2. The van der Waals surface area contributed by atoms with E-state index in [0.717, 1.165) is 35.7 Å². The van der Waals surface area contributed by atoms with Crippen molar-refractivity contribution < 1.29 is 14.3 Å². The Morgan fingerprint density at radius 3 is 2.54 bits per heavy atom.